The lowest BCUT2D eigenvalue weighted by Gasteiger charge is -1.96. The Morgan fingerprint density at radius 3 is 2.94 bits per heavy atom. The SMILES string of the molecule is [SiH3]CCCSSSSc1nc2ccccc2s1. The van der Waals surface area contributed by atoms with Crippen LogP contribution in [0, 0.1) is 0 Å². The topological polar surface area (TPSA) is 12.9 Å². The largest absolute Gasteiger partial charge is 0.229 e. The third-order valence-corrected chi connectivity index (χ3v) is 10.4. The molecule has 0 N–H and O–H groups in total. The summed E-state index contributed by atoms with van der Waals surface area (Å²) >= 11 is 1.78. The van der Waals surface area contributed by atoms with Crippen molar-refractivity contribution in [3.8, 4) is 0 Å². The van der Waals surface area contributed by atoms with Crippen LogP contribution in [0.4, 0.5) is 0 Å². The van der Waals surface area contributed by atoms with E-state index in [1.54, 1.807) is 22.1 Å². The second kappa shape index (κ2) is 8.01. The number of benzene rings is 1. The second-order valence-electron chi connectivity index (χ2n) is 3.34. The molecule has 0 amide bonds. The Balaban J connectivity index is 1.75. The molecular weight excluding hydrogens is 323 g/mol. The molecule has 0 unspecified atom stereocenters. The number of thiazole rings is 1. The standard InChI is InChI=1S/C10H13NS5Si/c17-7-3-6-12-15-16-14-10-11-8-4-1-2-5-9(8)13-10/h1-2,4-5H,3,6-7H2,17H3. The van der Waals surface area contributed by atoms with Gasteiger partial charge in [-0.1, -0.05) is 29.0 Å². The Hall–Kier alpha value is 0.727. The third kappa shape index (κ3) is 4.72. The fourth-order valence-electron chi connectivity index (χ4n) is 1.19. The van der Waals surface area contributed by atoms with Gasteiger partial charge in [0.25, 0.3) is 0 Å². The maximum absolute atomic E-state index is 4.59. The van der Waals surface area contributed by atoms with Crippen molar-refractivity contribution in [1.29, 1.82) is 0 Å². The maximum atomic E-state index is 4.59. The molecule has 1 nitrogen and oxygen atoms in total. The van der Waals surface area contributed by atoms with E-state index in [1.165, 1.54) is 33.2 Å². The van der Waals surface area contributed by atoms with E-state index in [4.69, 9.17) is 0 Å². The van der Waals surface area contributed by atoms with Gasteiger partial charge in [0, 0.05) is 16.0 Å². The molecule has 0 aliphatic carbocycles. The zero-order valence-electron chi connectivity index (χ0n) is 9.42. The molecule has 0 saturated carbocycles. The van der Waals surface area contributed by atoms with Gasteiger partial charge in [-0.05, 0) is 49.0 Å². The smallest absolute Gasteiger partial charge is 0.162 e. The Bertz CT molecular complexity index is 428. The minimum Gasteiger partial charge on any atom is -0.229 e. The van der Waals surface area contributed by atoms with E-state index in [1.807, 2.05) is 36.5 Å². The van der Waals surface area contributed by atoms with E-state index < -0.39 is 0 Å². The highest BCUT2D eigenvalue weighted by Gasteiger charge is 2.04. The van der Waals surface area contributed by atoms with Crippen molar-refractivity contribution in [2.45, 2.75) is 16.8 Å². The molecule has 2 aromatic rings. The molecule has 0 bridgehead atoms. The van der Waals surface area contributed by atoms with E-state index in [-0.39, 0.29) is 0 Å². The van der Waals surface area contributed by atoms with Gasteiger partial charge in [-0.25, -0.2) is 4.98 Å². The van der Waals surface area contributed by atoms with Crippen LogP contribution in [-0.2, 0) is 0 Å². The van der Waals surface area contributed by atoms with Crippen LogP contribution in [0.5, 0.6) is 0 Å². The van der Waals surface area contributed by atoms with E-state index in [0.29, 0.717) is 0 Å². The summed E-state index contributed by atoms with van der Waals surface area (Å²) in [5, 5.41) is 0. The van der Waals surface area contributed by atoms with Crippen molar-refractivity contribution < 1.29 is 0 Å². The molecule has 0 atom stereocenters. The van der Waals surface area contributed by atoms with E-state index in [2.05, 4.69) is 23.2 Å². The van der Waals surface area contributed by atoms with Crippen molar-refractivity contribution in [2.24, 2.45) is 0 Å². The predicted molar refractivity (Wildman–Crippen MR) is 92.5 cm³/mol. The summed E-state index contributed by atoms with van der Waals surface area (Å²) in [6.07, 6.45) is 1.37. The minimum atomic E-state index is 1.12. The highest BCUT2D eigenvalue weighted by Crippen LogP contribution is 2.48. The lowest BCUT2D eigenvalue weighted by atomic mass is 10.3. The number of fused-ring (bicyclic) bond motifs is 1. The van der Waals surface area contributed by atoms with Gasteiger partial charge < -0.3 is 0 Å². The summed E-state index contributed by atoms with van der Waals surface area (Å²) in [7, 11) is 8.79. The van der Waals surface area contributed by atoms with Crippen LogP contribution in [0.25, 0.3) is 10.2 Å². The van der Waals surface area contributed by atoms with Crippen molar-refractivity contribution in [1.82, 2.24) is 4.98 Å². The summed E-state index contributed by atoms with van der Waals surface area (Å²) in [5.41, 5.74) is 1.12. The molecule has 1 aromatic heterocycles. The molecule has 2 rings (SSSR count). The van der Waals surface area contributed by atoms with Crippen LogP contribution in [0.3, 0.4) is 0 Å². The first-order chi connectivity index (χ1) is 8.40. The predicted octanol–water partition coefficient (Wildman–Crippen LogP) is 4.51. The average Bonchev–Trinajstić information content (AvgIpc) is 2.76. The molecule has 1 aromatic carbocycles. The lowest BCUT2D eigenvalue weighted by molar-refractivity contribution is 1.10. The van der Waals surface area contributed by atoms with Gasteiger partial charge in [-0.3, -0.25) is 0 Å². The molecule has 0 aliphatic rings. The highest BCUT2D eigenvalue weighted by molar-refractivity contribution is 9.26. The van der Waals surface area contributed by atoms with Crippen molar-refractivity contribution >= 4 is 73.0 Å². The van der Waals surface area contributed by atoms with Crippen molar-refractivity contribution in [2.75, 3.05) is 5.75 Å². The zero-order valence-corrected chi connectivity index (χ0v) is 15.5. The number of rotatable bonds is 7. The Labute approximate surface area is 124 Å². The molecule has 1 heterocycles. The Kier molecular flexibility index (Phi) is 6.66. The van der Waals surface area contributed by atoms with E-state index >= 15 is 0 Å². The molecule has 0 aliphatic heterocycles. The van der Waals surface area contributed by atoms with Crippen molar-refractivity contribution in [3.63, 3.8) is 0 Å². The van der Waals surface area contributed by atoms with Crippen molar-refractivity contribution in [3.05, 3.63) is 24.3 Å². The number of aromatic nitrogens is 1. The molecule has 0 spiro atoms. The fraction of sp³-hybridized carbons (Fsp3) is 0.300. The van der Waals surface area contributed by atoms with Crippen LogP contribution >= 0.6 is 52.6 Å². The van der Waals surface area contributed by atoms with Gasteiger partial charge in [-0.15, -0.1) is 11.3 Å². The Morgan fingerprint density at radius 2 is 2.12 bits per heavy atom. The number of nitrogens with zero attached hydrogens (tertiary/aromatic N) is 1. The average molecular weight is 336 g/mol. The van der Waals surface area contributed by atoms with Crippen LogP contribution < -0.4 is 0 Å². The normalized spacial score (nSPS) is 11.3. The second-order valence-corrected chi connectivity index (χ2v) is 11.6. The molecule has 0 saturated heterocycles. The quantitative estimate of drug-likeness (QED) is 0.418. The van der Waals surface area contributed by atoms with Gasteiger partial charge in [0.05, 0.1) is 10.2 Å². The first-order valence-corrected chi connectivity index (χ1v) is 12.6. The zero-order chi connectivity index (χ0) is 11.9. The number of para-hydroxylation sites is 1. The van der Waals surface area contributed by atoms with Gasteiger partial charge in [0.1, 0.15) is 0 Å². The minimum absolute atomic E-state index is 1.12. The molecular formula is C10H13NS5Si. The lowest BCUT2D eigenvalue weighted by Crippen LogP contribution is -1.72. The fourth-order valence-corrected chi connectivity index (χ4v) is 9.54. The maximum Gasteiger partial charge on any atom is 0.162 e. The monoisotopic (exact) mass is 335 g/mol. The van der Waals surface area contributed by atoms with Gasteiger partial charge in [0.2, 0.25) is 0 Å². The summed E-state index contributed by atoms with van der Waals surface area (Å²) in [5.74, 6) is 1.28. The summed E-state index contributed by atoms with van der Waals surface area (Å²) in [4.78, 5) is 4.59. The highest BCUT2D eigenvalue weighted by atomic mass is 33.7. The molecule has 0 radical (unpaired) electrons. The van der Waals surface area contributed by atoms with Gasteiger partial charge in [-0.2, -0.15) is 0 Å². The van der Waals surface area contributed by atoms with E-state index in [9.17, 15) is 0 Å². The van der Waals surface area contributed by atoms with E-state index in [0.717, 1.165) is 9.86 Å². The van der Waals surface area contributed by atoms with Gasteiger partial charge in [0.15, 0.2) is 4.34 Å². The first-order valence-electron chi connectivity index (χ1n) is 5.38. The summed E-state index contributed by atoms with van der Waals surface area (Å²) in [6.45, 7) is 0. The number of hydrogen-bond acceptors (Lipinski definition) is 6. The third-order valence-electron chi connectivity index (χ3n) is 2.04. The molecule has 7 heteroatoms. The number of hydrogen-bond donors (Lipinski definition) is 0. The summed E-state index contributed by atoms with van der Waals surface area (Å²) < 4.78 is 2.44. The van der Waals surface area contributed by atoms with Crippen LogP contribution in [0.2, 0.25) is 6.04 Å². The summed E-state index contributed by atoms with van der Waals surface area (Å²) in [6, 6.07) is 9.74. The van der Waals surface area contributed by atoms with Crippen LogP contribution in [0.1, 0.15) is 6.42 Å². The molecule has 17 heavy (non-hydrogen) atoms. The van der Waals surface area contributed by atoms with Gasteiger partial charge >= 0.3 is 0 Å². The first kappa shape index (κ1) is 14.1. The van der Waals surface area contributed by atoms with Crippen LogP contribution in [-0.4, -0.2) is 21.0 Å². The molecule has 0 fully saturated rings. The Morgan fingerprint density at radius 1 is 1.24 bits per heavy atom. The van der Waals surface area contributed by atoms with Crippen LogP contribution in [0.15, 0.2) is 28.6 Å². The molecule has 92 valence electrons.